The van der Waals surface area contributed by atoms with Gasteiger partial charge in [-0.25, -0.2) is 9.37 Å². The number of oxazole rings is 1. The van der Waals surface area contributed by atoms with Crippen molar-refractivity contribution >= 4 is 23.2 Å². The molecule has 1 aliphatic heterocycles. The highest BCUT2D eigenvalue weighted by atomic mass is 19.1. The van der Waals surface area contributed by atoms with Crippen LogP contribution in [0.5, 0.6) is 0 Å². The van der Waals surface area contributed by atoms with Crippen molar-refractivity contribution in [3.05, 3.63) is 46.9 Å². The predicted octanol–water partition coefficient (Wildman–Crippen LogP) is 3.19. The van der Waals surface area contributed by atoms with E-state index in [1.54, 1.807) is 12.1 Å². The van der Waals surface area contributed by atoms with Gasteiger partial charge in [-0.2, -0.15) is 0 Å². The zero-order chi connectivity index (χ0) is 14.4. The number of aromatic nitrogens is 1. The Labute approximate surface area is 120 Å². The number of hydrogen-bond acceptors (Lipinski definition) is 3. The normalized spacial score (nSPS) is 18.5. The minimum absolute atomic E-state index is 0.258. The molecule has 0 bridgehead atoms. The summed E-state index contributed by atoms with van der Waals surface area (Å²) in [5, 5.41) is 2.65. The van der Waals surface area contributed by atoms with Gasteiger partial charge in [0.1, 0.15) is 11.6 Å². The molecular formula is C16H13FN2O2. The second-order valence-electron chi connectivity index (χ2n) is 5.33. The van der Waals surface area contributed by atoms with Gasteiger partial charge in [0.25, 0.3) is 5.91 Å². The van der Waals surface area contributed by atoms with E-state index in [4.69, 9.17) is 4.42 Å². The molecule has 2 aliphatic rings. The molecule has 1 aliphatic carbocycles. The van der Waals surface area contributed by atoms with Crippen LogP contribution in [-0.2, 0) is 17.6 Å². The summed E-state index contributed by atoms with van der Waals surface area (Å²) >= 11 is 0. The monoisotopic (exact) mass is 284 g/mol. The second-order valence-corrected chi connectivity index (χ2v) is 5.33. The lowest BCUT2D eigenvalue weighted by atomic mass is 10.0. The number of hydrogen-bond donors (Lipinski definition) is 1. The Balaban J connectivity index is 1.76. The molecule has 5 heteroatoms. The van der Waals surface area contributed by atoms with Gasteiger partial charge >= 0.3 is 0 Å². The zero-order valence-electron chi connectivity index (χ0n) is 11.3. The van der Waals surface area contributed by atoms with Crippen LogP contribution in [0, 0.1) is 5.82 Å². The lowest BCUT2D eigenvalue weighted by Gasteiger charge is -2.05. The van der Waals surface area contributed by atoms with E-state index in [9.17, 15) is 9.18 Å². The van der Waals surface area contributed by atoms with Crippen LogP contribution >= 0.6 is 0 Å². The third kappa shape index (κ3) is 2.05. The fraction of sp³-hybridized carbons (Fsp3) is 0.250. The molecular weight excluding hydrogens is 271 g/mol. The highest BCUT2D eigenvalue weighted by molar-refractivity contribution is 6.34. The molecule has 1 aromatic carbocycles. The van der Waals surface area contributed by atoms with E-state index in [0.29, 0.717) is 22.7 Å². The molecule has 4 nitrogen and oxygen atoms in total. The molecule has 2 heterocycles. The number of rotatable bonds is 1. The lowest BCUT2D eigenvalue weighted by molar-refractivity contribution is -0.110. The van der Waals surface area contributed by atoms with E-state index in [2.05, 4.69) is 10.3 Å². The van der Waals surface area contributed by atoms with Crippen LogP contribution in [-0.4, -0.2) is 10.9 Å². The van der Waals surface area contributed by atoms with Gasteiger partial charge in [-0.1, -0.05) is 0 Å². The standard InChI is InChI=1S/C16H13FN2O2/c17-9-5-6-10-11(16(20)19-13(10)7-9)8-15-18-12-3-1-2-4-14(12)21-15/h5-8H,1-4H2,(H,19,20). The summed E-state index contributed by atoms with van der Waals surface area (Å²) in [6, 6.07) is 4.25. The number of halogens is 1. The van der Waals surface area contributed by atoms with Gasteiger partial charge < -0.3 is 9.73 Å². The molecule has 106 valence electrons. The van der Waals surface area contributed by atoms with Crippen molar-refractivity contribution in [1.29, 1.82) is 0 Å². The number of benzene rings is 1. The van der Waals surface area contributed by atoms with Gasteiger partial charge in [0.05, 0.1) is 17.0 Å². The molecule has 0 radical (unpaired) electrons. The van der Waals surface area contributed by atoms with Gasteiger partial charge in [-0.05, 0) is 37.5 Å². The van der Waals surface area contributed by atoms with Crippen molar-refractivity contribution in [3.8, 4) is 0 Å². The quantitative estimate of drug-likeness (QED) is 0.818. The Kier molecular flexibility index (Phi) is 2.67. The summed E-state index contributed by atoms with van der Waals surface area (Å²) in [5.74, 6) is 0.740. The van der Waals surface area contributed by atoms with E-state index in [-0.39, 0.29) is 11.7 Å². The average Bonchev–Trinajstić information content (AvgIpc) is 3.00. The van der Waals surface area contributed by atoms with Crippen molar-refractivity contribution in [3.63, 3.8) is 0 Å². The minimum atomic E-state index is -0.373. The molecule has 0 spiro atoms. The van der Waals surface area contributed by atoms with Crippen LogP contribution in [0.25, 0.3) is 11.6 Å². The van der Waals surface area contributed by atoms with E-state index in [1.165, 1.54) is 12.1 Å². The maximum absolute atomic E-state index is 13.2. The summed E-state index contributed by atoms with van der Waals surface area (Å²) < 4.78 is 18.9. The summed E-state index contributed by atoms with van der Waals surface area (Å²) in [7, 11) is 0. The molecule has 0 saturated carbocycles. The number of anilines is 1. The number of amides is 1. The Morgan fingerprint density at radius 1 is 1.29 bits per heavy atom. The highest BCUT2D eigenvalue weighted by Crippen LogP contribution is 2.34. The molecule has 4 rings (SSSR count). The SMILES string of the molecule is O=C1Nc2cc(F)ccc2C1=Cc1nc2c(o1)CCCC2. The summed E-state index contributed by atoms with van der Waals surface area (Å²) in [4.78, 5) is 16.5. The van der Waals surface area contributed by atoms with Crippen molar-refractivity contribution in [1.82, 2.24) is 4.98 Å². The van der Waals surface area contributed by atoms with Crippen molar-refractivity contribution in [2.75, 3.05) is 5.32 Å². The first-order valence-corrected chi connectivity index (χ1v) is 7.02. The van der Waals surface area contributed by atoms with Crippen molar-refractivity contribution in [2.45, 2.75) is 25.7 Å². The van der Waals surface area contributed by atoms with Gasteiger partial charge in [-0.15, -0.1) is 0 Å². The molecule has 1 N–H and O–H groups in total. The van der Waals surface area contributed by atoms with E-state index >= 15 is 0 Å². The zero-order valence-corrected chi connectivity index (χ0v) is 11.3. The van der Waals surface area contributed by atoms with Gasteiger partial charge in [0.15, 0.2) is 0 Å². The summed E-state index contributed by atoms with van der Waals surface area (Å²) in [6.07, 6.45) is 5.70. The highest BCUT2D eigenvalue weighted by Gasteiger charge is 2.25. The lowest BCUT2D eigenvalue weighted by Crippen LogP contribution is -2.03. The van der Waals surface area contributed by atoms with Crippen LogP contribution in [0.2, 0.25) is 0 Å². The minimum Gasteiger partial charge on any atom is -0.441 e. The Hall–Kier alpha value is -2.43. The van der Waals surface area contributed by atoms with E-state index in [1.807, 2.05) is 0 Å². The molecule has 0 saturated heterocycles. The number of fused-ring (bicyclic) bond motifs is 2. The number of carbonyl (C=O) groups excluding carboxylic acids is 1. The first kappa shape index (κ1) is 12.3. The molecule has 0 atom stereocenters. The van der Waals surface area contributed by atoms with Crippen LogP contribution < -0.4 is 5.32 Å². The number of aryl methyl sites for hydroxylation is 2. The Bertz CT molecular complexity index is 753. The molecule has 1 amide bonds. The molecule has 0 unspecified atom stereocenters. The Morgan fingerprint density at radius 2 is 2.14 bits per heavy atom. The predicted molar refractivity (Wildman–Crippen MR) is 76.0 cm³/mol. The first-order valence-electron chi connectivity index (χ1n) is 7.02. The third-order valence-electron chi connectivity index (χ3n) is 3.89. The maximum Gasteiger partial charge on any atom is 0.256 e. The molecule has 0 fully saturated rings. The van der Waals surface area contributed by atoms with Crippen LogP contribution in [0.4, 0.5) is 10.1 Å². The van der Waals surface area contributed by atoms with Crippen molar-refractivity contribution < 1.29 is 13.6 Å². The fourth-order valence-corrected chi connectivity index (χ4v) is 2.87. The number of nitrogens with zero attached hydrogens (tertiary/aromatic N) is 1. The fourth-order valence-electron chi connectivity index (χ4n) is 2.87. The smallest absolute Gasteiger partial charge is 0.256 e. The largest absolute Gasteiger partial charge is 0.441 e. The number of carbonyl (C=O) groups is 1. The average molecular weight is 284 g/mol. The van der Waals surface area contributed by atoms with Crippen LogP contribution in [0.1, 0.15) is 35.7 Å². The van der Waals surface area contributed by atoms with E-state index < -0.39 is 0 Å². The van der Waals surface area contributed by atoms with Crippen LogP contribution in [0.15, 0.2) is 22.6 Å². The maximum atomic E-state index is 13.2. The Morgan fingerprint density at radius 3 is 3.00 bits per heavy atom. The van der Waals surface area contributed by atoms with Crippen LogP contribution in [0.3, 0.4) is 0 Å². The second kappa shape index (κ2) is 4.55. The van der Waals surface area contributed by atoms with E-state index in [0.717, 1.165) is 37.1 Å². The van der Waals surface area contributed by atoms with Gasteiger partial charge in [-0.3, -0.25) is 4.79 Å². The summed E-state index contributed by atoms with van der Waals surface area (Å²) in [5.41, 5.74) is 2.62. The molecule has 2 aromatic rings. The van der Waals surface area contributed by atoms with Gasteiger partial charge in [0, 0.05) is 18.1 Å². The first-order chi connectivity index (χ1) is 10.2. The third-order valence-corrected chi connectivity index (χ3v) is 3.89. The summed E-state index contributed by atoms with van der Waals surface area (Å²) in [6.45, 7) is 0. The molecule has 21 heavy (non-hydrogen) atoms. The van der Waals surface area contributed by atoms with Crippen molar-refractivity contribution in [2.24, 2.45) is 0 Å². The molecule has 1 aromatic heterocycles. The number of nitrogens with one attached hydrogen (secondary N) is 1. The topological polar surface area (TPSA) is 55.1 Å². The van der Waals surface area contributed by atoms with Gasteiger partial charge in [0.2, 0.25) is 5.89 Å².